The minimum absolute atomic E-state index is 0.0656. The van der Waals surface area contributed by atoms with E-state index in [1.807, 2.05) is 31.3 Å². The molecule has 1 heterocycles. The van der Waals surface area contributed by atoms with Gasteiger partial charge in [-0.2, -0.15) is 0 Å². The van der Waals surface area contributed by atoms with Gasteiger partial charge in [0.05, 0.1) is 12.2 Å². The first-order chi connectivity index (χ1) is 9.58. The number of anilines is 1. The van der Waals surface area contributed by atoms with E-state index in [1.165, 1.54) is 0 Å². The SMILES string of the molecule is CC(C)N(C)CCNC(=O)C1CNc2ccccc2O1. The lowest BCUT2D eigenvalue weighted by Crippen LogP contribution is -2.46. The average Bonchev–Trinajstić information content (AvgIpc) is 2.46. The van der Waals surface area contributed by atoms with Crippen molar-refractivity contribution in [2.45, 2.75) is 26.0 Å². The van der Waals surface area contributed by atoms with Crippen molar-refractivity contribution in [2.24, 2.45) is 0 Å². The maximum Gasteiger partial charge on any atom is 0.262 e. The molecule has 1 aliphatic rings. The number of hydrogen-bond donors (Lipinski definition) is 2. The van der Waals surface area contributed by atoms with E-state index in [2.05, 4.69) is 29.4 Å². The predicted octanol–water partition coefficient (Wildman–Crippen LogP) is 1.32. The lowest BCUT2D eigenvalue weighted by atomic mass is 10.2. The summed E-state index contributed by atoms with van der Waals surface area (Å²) < 4.78 is 5.71. The van der Waals surface area contributed by atoms with Gasteiger partial charge in [0.25, 0.3) is 5.91 Å². The van der Waals surface area contributed by atoms with Gasteiger partial charge >= 0.3 is 0 Å². The second kappa shape index (κ2) is 6.61. The fourth-order valence-corrected chi connectivity index (χ4v) is 1.99. The van der Waals surface area contributed by atoms with Crippen LogP contribution in [0.5, 0.6) is 5.75 Å². The van der Waals surface area contributed by atoms with Gasteiger partial charge in [-0.25, -0.2) is 0 Å². The van der Waals surface area contributed by atoms with E-state index >= 15 is 0 Å². The molecule has 0 aliphatic carbocycles. The van der Waals surface area contributed by atoms with Crippen LogP contribution < -0.4 is 15.4 Å². The van der Waals surface area contributed by atoms with Crippen molar-refractivity contribution in [3.63, 3.8) is 0 Å². The summed E-state index contributed by atoms with van der Waals surface area (Å²) in [5.41, 5.74) is 0.941. The predicted molar refractivity (Wildman–Crippen MR) is 80.1 cm³/mol. The molecule has 110 valence electrons. The zero-order chi connectivity index (χ0) is 14.5. The number of para-hydroxylation sites is 2. The number of carbonyl (C=O) groups is 1. The Morgan fingerprint density at radius 1 is 1.50 bits per heavy atom. The van der Waals surface area contributed by atoms with Gasteiger partial charge in [-0.3, -0.25) is 4.79 Å². The summed E-state index contributed by atoms with van der Waals surface area (Å²) in [5, 5.41) is 6.14. The van der Waals surface area contributed by atoms with Crippen LogP contribution in [-0.2, 0) is 4.79 Å². The number of rotatable bonds is 5. The summed E-state index contributed by atoms with van der Waals surface area (Å²) in [4.78, 5) is 14.3. The molecule has 0 radical (unpaired) electrons. The number of nitrogens with one attached hydrogen (secondary N) is 2. The molecule has 1 atom stereocenters. The van der Waals surface area contributed by atoms with E-state index in [0.29, 0.717) is 19.1 Å². The number of carbonyl (C=O) groups excluding carboxylic acids is 1. The molecule has 0 spiro atoms. The van der Waals surface area contributed by atoms with Crippen LogP contribution in [0.1, 0.15) is 13.8 Å². The van der Waals surface area contributed by atoms with Crippen LogP contribution in [0.25, 0.3) is 0 Å². The molecule has 0 fully saturated rings. The van der Waals surface area contributed by atoms with E-state index < -0.39 is 6.10 Å². The number of ether oxygens (including phenoxy) is 1. The molecule has 2 rings (SSSR count). The summed E-state index contributed by atoms with van der Waals surface area (Å²) in [6.07, 6.45) is -0.464. The molecular weight excluding hydrogens is 254 g/mol. The van der Waals surface area contributed by atoms with E-state index in [9.17, 15) is 4.79 Å². The van der Waals surface area contributed by atoms with Crippen molar-refractivity contribution in [3.8, 4) is 5.75 Å². The molecular formula is C15H23N3O2. The standard InChI is InChI=1S/C15H23N3O2/c1-11(2)18(3)9-8-16-15(19)14-10-17-12-6-4-5-7-13(12)20-14/h4-7,11,14,17H,8-10H2,1-3H3,(H,16,19). The molecule has 0 aromatic heterocycles. The van der Waals surface area contributed by atoms with E-state index in [-0.39, 0.29) is 5.91 Å². The fourth-order valence-electron chi connectivity index (χ4n) is 1.99. The second-order valence-corrected chi connectivity index (χ2v) is 5.35. The Balaban J connectivity index is 1.80. The number of hydrogen-bond acceptors (Lipinski definition) is 4. The Kier molecular flexibility index (Phi) is 4.84. The van der Waals surface area contributed by atoms with Gasteiger partial charge in [-0.15, -0.1) is 0 Å². The monoisotopic (exact) mass is 277 g/mol. The second-order valence-electron chi connectivity index (χ2n) is 5.35. The number of likely N-dealkylation sites (N-methyl/N-ethyl adjacent to an activating group) is 1. The quantitative estimate of drug-likeness (QED) is 0.852. The average molecular weight is 277 g/mol. The van der Waals surface area contributed by atoms with E-state index in [4.69, 9.17) is 4.74 Å². The topological polar surface area (TPSA) is 53.6 Å². The van der Waals surface area contributed by atoms with Gasteiger partial charge in [-0.05, 0) is 33.0 Å². The largest absolute Gasteiger partial charge is 0.477 e. The first-order valence-electron chi connectivity index (χ1n) is 7.05. The van der Waals surface area contributed by atoms with Crippen LogP contribution in [-0.4, -0.2) is 49.6 Å². The number of amides is 1. The smallest absolute Gasteiger partial charge is 0.262 e. The van der Waals surface area contributed by atoms with Gasteiger partial charge in [0.2, 0.25) is 0 Å². The van der Waals surface area contributed by atoms with Crippen molar-refractivity contribution < 1.29 is 9.53 Å². The van der Waals surface area contributed by atoms with Gasteiger partial charge in [-0.1, -0.05) is 12.1 Å². The summed E-state index contributed by atoms with van der Waals surface area (Å²) in [5.74, 6) is 0.669. The molecule has 0 bridgehead atoms. The summed E-state index contributed by atoms with van der Waals surface area (Å²) in [7, 11) is 2.05. The highest BCUT2D eigenvalue weighted by Crippen LogP contribution is 2.28. The molecule has 1 unspecified atom stereocenters. The highest BCUT2D eigenvalue weighted by Gasteiger charge is 2.25. The molecule has 5 nitrogen and oxygen atoms in total. The molecule has 1 aliphatic heterocycles. The Morgan fingerprint density at radius 3 is 3.00 bits per heavy atom. The maximum atomic E-state index is 12.1. The van der Waals surface area contributed by atoms with E-state index in [0.717, 1.165) is 18.0 Å². The first-order valence-corrected chi connectivity index (χ1v) is 7.05. The Bertz CT molecular complexity index is 462. The van der Waals surface area contributed by atoms with Crippen LogP contribution in [0.4, 0.5) is 5.69 Å². The maximum absolute atomic E-state index is 12.1. The lowest BCUT2D eigenvalue weighted by Gasteiger charge is -2.27. The van der Waals surface area contributed by atoms with Crippen LogP contribution >= 0.6 is 0 Å². The van der Waals surface area contributed by atoms with Crippen LogP contribution in [0.2, 0.25) is 0 Å². The number of nitrogens with zero attached hydrogens (tertiary/aromatic N) is 1. The Hall–Kier alpha value is -1.75. The molecule has 1 aromatic carbocycles. The summed E-state index contributed by atoms with van der Waals surface area (Å²) >= 11 is 0. The Morgan fingerprint density at radius 2 is 2.25 bits per heavy atom. The van der Waals surface area contributed by atoms with Crippen molar-refractivity contribution in [2.75, 3.05) is 32.0 Å². The summed E-state index contributed by atoms with van der Waals surface area (Å²) in [6.45, 7) is 6.23. The fraction of sp³-hybridized carbons (Fsp3) is 0.533. The van der Waals surface area contributed by atoms with Gasteiger partial charge in [0, 0.05) is 19.1 Å². The third-order valence-electron chi connectivity index (χ3n) is 3.57. The van der Waals surface area contributed by atoms with E-state index in [1.54, 1.807) is 0 Å². The van der Waals surface area contributed by atoms with Crippen molar-refractivity contribution in [1.29, 1.82) is 0 Å². The van der Waals surface area contributed by atoms with Crippen molar-refractivity contribution in [1.82, 2.24) is 10.2 Å². The molecule has 0 saturated heterocycles. The minimum Gasteiger partial charge on any atom is -0.477 e. The number of benzene rings is 1. The number of fused-ring (bicyclic) bond motifs is 1. The normalized spacial score (nSPS) is 17.4. The third-order valence-corrected chi connectivity index (χ3v) is 3.57. The molecule has 0 saturated carbocycles. The van der Waals surface area contributed by atoms with Crippen molar-refractivity contribution >= 4 is 11.6 Å². The van der Waals surface area contributed by atoms with Crippen LogP contribution in [0.3, 0.4) is 0 Å². The third kappa shape index (κ3) is 3.63. The molecule has 1 amide bonds. The van der Waals surface area contributed by atoms with Crippen LogP contribution in [0.15, 0.2) is 24.3 Å². The zero-order valence-electron chi connectivity index (χ0n) is 12.3. The molecule has 2 N–H and O–H groups in total. The van der Waals surface area contributed by atoms with Crippen LogP contribution in [0, 0.1) is 0 Å². The van der Waals surface area contributed by atoms with Crippen molar-refractivity contribution in [3.05, 3.63) is 24.3 Å². The van der Waals surface area contributed by atoms with Gasteiger partial charge in [0.1, 0.15) is 5.75 Å². The zero-order valence-corrected chi connectivity index (χ0v) is 12.3. The Labute approximate surface area is 120 Å². The highest BCUT2D eigenvalue weighted by molar-refractivity contribution is 5.83. The highest BCUT2D eigenvalue weighted by atomic mass is 16.5. The van der Waals surface area contributed by atoms with Gasteiger partial charge in [0.15, 0.2) is 6.10 Å². The van der Waals surface area contributed by atoms with Gasteiger partial charge < -0.3 is 20.3 Å². The summed E-state index contributed by atoms with van der Waals surface area (Å²) in [6, 6.07) is 8.14. The first kappa shape index (κ1) is 14.7. The molecule has 20 heavy (non-hydrogen) atoms. The minimum atomic E-state index is -0.464. The lowest BCUT2D eigenvalue weighted by molar-refractivity contribution is -0.127. The molecule has 1 aromatic rings. The molecule has 5 heteroatoms.